The van der Waals surface area contributed by atoms with Crippen LogP contribution < -0.4 is 11.2 Å². The second kappa shape index (κ2) is 2.82. The third-order valence-electron chi connectivity index (χ3n) is 2.32. The molecule has 1 atom stereocenters. The summed E-state index contributed by atoms with van der Waals surface area (Å²) in [5.41, 5.74) is 6.65. The summed E-state index contributed by atoms with van der Waals surface area (Å²) in [5, 5.41) is 19.0. The van der Waals surface area contributed by atoms with Crippen LogP contribution in [-0.4, -0.2) is 23.3 Å². The van der Waals surface area contributed by atoms with Gasteiger partial charge in [-0.1, -0.05) is 24.3 Å². The minimum absolute atomic E-state index is 0.252. The van der Waals surface area contributed by atoms with Crippen molar-refractivity contribution in [3.8, 4) is 0 Å². The molecular weight excluding hydrogens is 169 g/mol. The maximum Gasteiger partial charge on any atom is 0.405 e. The van der Waals surface area contributed by atoms with Crippen LogP contribution in [0.1, 0.15) is 11.7 Å². The monoisotopic (exact) mass is 180 g/mol. The lowest BCUT2D eigenvalue weighted by atomic mass is 9.71. The number of rotatable bonds is 1. The Morgan fingerprint density at radius 3 is 2.77 bits per heavy atom. The lowest BCUT2D eigenvalue weighted by Crippen LogP contribution is -2.47. The Kier molecular flexibility index (Phi) is 1.89. The SMILES string of the molecule is NCC1O[B-](O)(O)c2ccccc21. The van der Waals surface area contributed by atoms with E-state index in [0.29, 0.717) is 5.46 Å². The molecule has 4 N–H and O–H groups in total. The Bertz CT molecular complexity index is 329. The number of benzene rings is 1. The van der Waals surface area contributed by atoms with E-state index in [2.05, 4.69) is 0 Å². The van der Waals surface area contributed by atoms with Crippen molar-refractivity contribution < 1.29 is 14.7 Å². The maximum atomic E-state index is 9.49. The molecule has 0 aliphatic carbocycles. The molecule has 0 saturated heterocycles. The molecule has 0 amide bonds. The van der Waals surface area contributed by atoms with Gasteiger partial charge >= 0.3 is 6.75 Å². The standard InChI is InChI=1S/C8H11BNO3/c10-5-8-6-3-1-2-4-7(6)9(11,12)13-8/h1-4,8,11-12H,5,10H2/q-1. The normalized spacial score (nSPS) is 24.4. The van der Waals surface area contributed by atoms with Crippen molar-refractivity contribution >= 4 is 12.2 Å². The van der Waals surface area contributed by atoms with Crippen molar-refractivity contribution in [3.05, 3.63) is 29.8 Å². The fraction of sp³-hybridized carbons (Fsp3) is 0.250. The average molecular weight is 180 g/mol. The first-order chi connectivity index (χ1) is 6.15. The van der Waals surface area contributed by atoms with Crippen LogP contribution in [-0.2, 0) is 4.65 Å². The van der Waals surface area contributed by atoms with E-state index in [1.165, 1.54) is 0 Å². The van der Waals surface area contributed by atoms with Crippen LogP contribution in [0.2, 0.25) is 0 Å². The molecule has 1 aromatic carbocycles. The molecule has 4 nitrogen and oxygen atoms in total. The summed E-state index contributed by atoms with van der Waals surface area (Å²) >= 11 is 0. The smallest absolute Gasteiger partial charge is 0.405 e. The van der Waals surface area contributed by atoms with Gasteiger partial charge in [0.15, 0.2) is 0 Å². The quantitative estimate of drug-likeness (QED) is 0.477. The second-order valence-electron chi connectivity index (χ2n) is 3.19. The summed E-state index contributed by atoms with van der Waals surface area (Å²) in [6.07, 6.45) is -0.397. The highest BCUT2D eigenvalue weighted by molar-refractivity contribution is 6.74. The molecule has 1 aliphatic heterocycles. The van der Waals surface area contributed by atoms with Gasteiger partial charge in [-0.05, 0) is 5.56 Å². The van der Waals surface area contributed by atoms with E-state index in [1.807, 2.05) is 6.07 Å². The van der Waals surface area contributed by atoms with Gasteiger partial charge in [0, 0.05) is 6.54 Å². The summed E-state index contributed by atoms with van der Waals surface area (Å²) in [5.74, 6) is 0. The number of fused-ring (bicyclic) bond motifs is 1. The lowest BCUT2D eigenvalue weighted by molar-refractivity contribution is 0.121. The van der Waals surface area contributed by atoms with Crippen LogP contribution in [0.15, 0.2) is 24.3 Å². The van der Waals surface area contributed by atoms with Gasteiger partial charge in [-0.15, -0.1) is 5.46 Å². The zero-order valence-electron chi connectivity index (χ0n) is 7.05. The molecule has 1 aliphatic rings. The summed E-state index contributed by atoms with van der Waals surface area (Å²) in [6.45, 7) is -2.58. The van der Waals surface area contributed by atoms with Crippen LogP contribution in [0.25, 0.3) is 0 Å². The zero-order chi connectivity index (χ0) is 9.47. The molecule has 2 rings (SSSR count). The zero-order valence-corrected chi connectivity index (χ0v) is 7.05. The van der Waals surface area contributed by atoms with Crippen LogP contribution in [0.3, 0.4) is 0 Å². The predicted molar refractivity (Wildman–Crippen MR) is 49.1 cm³/mol. The van der Waals surface area contributed by atoms with Crippen LogP contribution in [0, 0.1) is 0 Å². The lowest BCUT2D eigenvalue weighted by Gasteiger charge is -2.24. The van der Waals surface area contributed by atoms with Crippen molar-refractivity contribution in [3.63, 3.8) is 0 Å². The van der Waals surface area contributed by atoms with E-state index in [0.717, 1.165) is 5.56 Å². The van der Waals surface area contributed by atoms with E-state index in [1.54, 1.807) is 18.2 Å². The molecule has 0 saturated carbocycles. The van der Waals surface area contributed by atoms with E-state index >= 15 is 0 Å². The van der Waals surface area contributed by atoms with E-state index in [9.17, 15) is 10.0 Å². The summed E-state index contributed by atoms with van der Waals surface area (Å²) in [7, 11) is 0. The summed E-state index contributed by atoms with van der Waals surface area (Å²) < 4.78 is 5.02. The van der Waals surface area contributed by atoms with Crippen molar-refractivity contribution in [2.75, 3.05) is 6.54 Å². The van der Waals surface area contributed by atoms with Gasteiger partial charge < -0.3 is 20.4 Å². The van der Waals surface area contributed by atoms with Gasteiger partial charge in [-0.3, -0.25) is 0 Å². The molecular formula is C8H11BNO3-. The molecule has 0 aromatic heterocycles. The highest BCUT2D eigenvalue weighted by atomic mass is 16.6. The summed E-state index contributed by atoms with van der Waals surface area (Å²) in [6, 6.07) is 7.00. The second-order valence-corrected chi connectivity index (χ2v) is 3.19. The van der Waals surface area contributed by atoms with Gasteiger partial charge in [0.25, 0.3) is 0 Å². The van der Waals surface area contributed by atoms with E-state index in [4.69, 9.17) is 10.4 Å². The Labute approximate surface area is 76.0 Å². The van der Waals surface area contributed by atoms with Gasteiger partial charge in [0.2, 0.25) is 0 Å². The predicted octanol–water partition coefficient (Wildman–Crippen LogP) is -1.15. The molecule has 1 aromatic rings. The number of hydrogen-bond donors (Lipinski definition) is 3. The minimum Gasteiger partial charge on any atom is -0.556 e. The van der Waals surface area contributed by atoms with Crippen molar-refractivity contribution in [1.29, 1.82) is 0 Å². The van der Waals surface area contributed by atoms with Gasteiger partial charge in [0.05, 0.1) is 6.10 Å². The highest BCUT2D eigenvalue weighted by Gasteiger charge is 2.36. The molecule has 13 heavy (non-hydrogen) atoms. The largest absolute Gasteiger partial charge is 0.556 e. The molecule has 70 valence electrons. The fourth-order valence-corrected chi connectivity index (χ4v) is 1.70. The fourth-order valence-electron chi connectivity index (χ4n) is 1.70. The highest BCUT2D eigenvalue weighted by Crippen LogP contribution is 2.25. The first kappa shape index (κ1) is 8.71. The number of hydrogen-bond acceptors (Lipinski definition) is 4. The molecule has 0 spiro atoms. The first-order valence-corrected chi connectivity index (χ1v) is 4.21. The molecule has 0 radical (unpaired) electrons. The van der Waals surface area contributed by atoms with E-state index in [-0.39, 0.29) is 6.54 Å². The Hall–Kier alpha value is -0.875. The Morgan fingerprint density at radius 2 is 2.08 bits per heavy atom. The van der Waals surface area contributed by atoms with Crippen molar-refractivity contribution in [2.45, 2.75) is 6.10 Å². The van der Waals surface area contributed by atoms with Crippen molar-refractivity contribution in [2.24, 2.45) is 5.73 Å². The topological polar surface area (TPSA) is 75.7 Å². The molecule has 0 fully saturated rings. The van der Waals surface area contributed by atoms with Gasteiger partial charge in [0.1, 0.15) is 0 Å². The van der Waals surface area contributed by atoms with Gasteiger partial charge in [-0.2, -0.15) is 0 Å². The van der Waals surface area contributed by atoms with Crippen LogP contribution >= 0.6 is 0 Å². The average Bonchev–Trinajstić information content (AvgIpc) is 2.39. The van der Waals surface area contributed by atoms with Gasteiger partial charge in [-0.25, -0.2) is 0 Å². The third kappa shape index (κ3) is 1.26. The Balaban J connectivity index is 2.51. The molecule has 1 unspecified atom stereocenters. The molecule has 0 bridgehead atoms. The third-order valence-corrected chi connectivity index (χ3v) is 2.32. The first-order valence-electron chi connectivity index (χ1n) is 4.21. The Morgan fingerprint density at radius 1 is 1.38 bits per heavy atom. The molecule has 5 heteroatoms. The molecule has 1 heterocycles. The van der Waals surface area contributed by atoms with E-state index < -0.39 is 12.9 Å². The van der Waals surface area contributed by atoms with Crippen molar-refractivity contribution in [1.82, 2.24) is 0 Å². The maximum absolute atomic E-state index is 9.49. The van der Waals surface area contributed by atoms with Crippen LogP contribution in [0.4, 0.5) is 0 Å². The minimum atomic E-state index is -2.83. The number of nitrogens with two attached hydrogens (primary N) is 1. The van der Waals surface area contributed by atoms with Crippen LogP contribution in [0.5, 0.6) is 0 Å². The summed E-state index contributed by atoms with van der Waals surface area (Å²) in [4.78, 5) is 0.